The summed E-state index contributed by atoms with van der Waals surface area (Å²) >= 11 is 0. The molecule has 10 rings (SSSR count). The zero-order valence-electron chi connectivity index (χ0n) is 38.2. The Balaban J connectivity index is 1.14. The van der Waals surface area contributed by atoms with E-state index in [2.05, 4.69) is 61.9 Å². The topological polar surface area (TPSA) is 163 Å². The fourth-order valence-electron chi connectivity index (χ4n) is 9.65. The van der Waals surface area contributed by atoms with Crippen molar-refractivity contribution in [2.24, 2.45) is 0 Å². The Kier molecular flexibility index (Phi) is 12.1. The summed E-state index contributed by atoms with van der Waals surface area (Å²) in [5, 5.41) is 2.01. The molecule has 3 aromatic carbocycles. The maximum Gasteiger partial charge on any atom is 0.339 e. The number of aromatic amines is 2. The van der Waals surface area contributed by atoms with Gasteiger partial charge in [-0.25, -0.2) is 19.6 Å². The van der Waals surface area contributed by atoms with Crippen LogP contribution in [0.25, 0.3) is 65.9 Å². The Bertz CT molecular complexity index is 2990. The highest BCUT2D eigenvalue weighted by Gasteiger charge is 2.26. The fraction of sp³-hybridized carbons (Fsp3) is 0.296. The Morgan fingerprint density at radius 2 is 0.818 bits per heavy atom. The maximum atomic E-state index is 13.9. The van der Waals surface area contributed by atoms with Gasteiger partial charge in [0.2, 0.25) is 0 Å². The average Bonchev–Trinajstić information content (AvgIpc) is 3.98. The fourth-order valence-corrected chi connectivity index (χ4v) is 9.65. The predicted octanol–water partition coefficient (Wildman–Crippen LogP) is 10.9. The monoisotopic (exact) mass is 884 g/mol. The lowest BCUT2D eigenvalue weighted by Gasteiger charge is -2.16. The number of carbonyl (C=O) groups excluding carboxylic acids is 4. The molecule has 4 aliphatic rings. The molecule has 0 aliphatic carbocycles. The minimum atomic E-state index is -0.622. The molecule has 12 nitrogen and oxygen atoms in total. The highest BCUT2D eigenvalue weighted by atomic mass is 16.6. The molecule has 12 bridgehead atoms. The summed E-state index contributed by atoms with van der Waals surface area (Å²) in [7, 11) is 0. The van der Waals surface area contributed by atoms with Gasteiger partial charge in [-0.1, -0.05) is 62.4 Å². The number of benzene rings is 3. The van der Waals surface area contributed by atoms with Gasteiger partial charge in [-0.3, -0.25) is 9.59 Å². The van der Waals surface area contributed by atoms with E-state index in [0.717, 1.165) is 102 Å². The van der Waals surface area contributed by atoms with Crippen LogP contribution in [0.3, 0.4) is 0 Å². The molecule has 0 radical (unpaired) electrons. The number of H-pyrrole nitrogens is 2. The largest absolute Gasteiger partial charge is 0.462 e. The minimum absolute atomic E-state index is 0.0849. The summed E-state index contributed by atoms with van der Waals surface area (Å²) < 4.78 is 22.7. The highest BCUT2D eigenvalue weighted by Crippen LogP contribution is 2.38. The number of fused-ring (bicyclic) bond motifs is 15. The molecule has 2 N–H and O–H groups in total. The van der Waals surface area contributed by atoms with E-state index in [9.17, 15) is 19.2 Å². The third kappa shape index (κ3) is 8.16. The van der Waals surface area contributed by atoms with Crippen molar-refractivity contribution in [1.29, 1.82) is 0 Å². The van der Waals surface area contributed by atoms with Crippen LogP contribution in [0.1, 0.15) is 119 Å². The first-order valence-electron chi connectivity index (χ1n) is 22.7. The summed E-state index contributed by atoms with van der Waals surface area (Å²) in [5.41, 5.74) is 15.6. The summed E-state index contributed by atoms with van der Waals surface area (Å²) in [5.74, 6) is -2.10. The Hall–Kier alpha value is -7.34. The van der Waals surface area contributed by atoms with Crippen molar-refractivity contribution in [3.8, 4) is 0 Å². The van der Waals surface area contributed by atoms with Gasteiger partial charge in [0, 0.05) is 34.9 Å². The summed E-state index contributed by atoms with van der Waals surface area (Å²) in [6.45, 7) is 11.9. The van der Waals surface area contributed by atoms with E-state index >= 15 is 0 Å². The van der Waals surface area contributed by atoms with Crippen LogP contribution in [0.4, 0.5) is 0 Å². The Morgan fingerprint density at radius 3 is 1.18 bits per heavy atom. The lowest BCUT2D eigenvalue weighted by atomic mass is 9.91. The van der Waals surface area contributed by atoms with E-state index in [-0.39, 0.29) is 50.4 Å². The van der Waals surface area contributed by atoms with E-state index in [4.69, 9.17) is 28.9 Å². The molecule has 0 fully saturated rings. The zero-order valence-corrected chi connectivity index (χ0v) is 38.2. The van der Waals surface area contributed by atoms with Gasteiger partial charge in [-0.2, -0.15) is 0 Å². The van der Waals surface area contributed by atoms with Crippen LogP contribution in [0.15, 0.2) is 72.8 Å². The van der Waals surface area contributed by atoms with Crippen LogP contribution in [0, 0.1) is 13.8 Å². The number of rotatable bonds is 2. The van der Waals surface area contributed by atoms with Gasteiger partial charge in [0.1, 0.15) is 26.4 Å². The van der Waals surface area contributed by atoms with Crippen molar-refractivity contribution in [2.75, 3.05) is 26.4 Å². The van der Waals surface area contributed by atoms with Gasteiger partial charge in [0.05, 0.1) is 33.9 Å². The number of carbonyl (C=O) groups is 4. The summed E-state index contributed by atoms with van der Waals surface area (Å²) in [6.07, 6.45) is 2.48. The second-order valence-electron chi connectivity index (χ2n) is 16.9. The van der Waals surface area contributed by atoms with Crippen LogP contribution in [-0.4, -0.2) is 70.2 Å². The van der Waals surface area contributed by atoms with Crippen molar-refractivity contribution in [1.82, 2.24) is 19.9 Å². The molecular formula is C54H52N4O8. The summed E-state index contributed by atoms with van der Waals surface area (Å²) in [4.78, 5) is 72.2. The molecule has 6 aromatic rings. The van der Waals surface area contributed by atoms with Crippen LogP contribution in [-0.2, 0) is 41.4 Å². The van der Waals surface area contributed by atoms with Gasteiger partial charge in [-0.15, -0.1) is 0 Å². The standard InChI is InChI=1S/C54H52N4O8/c1-7-33-29(3)41-27-47-36-18-20-50(60)64-22-24-66-54(62)52-39-15-11-9-13-37(39)51(38-14-10-12-16-40(38)52)53(61)65-23-21-63-49(59)19-17-35-31(5)43(25-45(33)55-41)57-48(35)28-42-30(4)34(8-2)46(56-42)26-44(58-47)32(36)6/h9-16,25-28,55-56H,7-8,17-24H2,1-6H3. The average molecular weight is 885 g/mol. The molecule has 336 valence electrons. The molecule has 12 heteroatoms. The first-order chi connectivity index (χ1) is 31.9. The molecule has 0 atom stereocenters. The molecule has 3 aromatic heterocycles. The molecule has 0 saturated carbocycles. The van der Waals surface area contributed by atoms with Crippen molar-refractivity contribution in [3.05, 3.63) is 129 Å². The number of allylic oxidation sites excluding steroid dienone is 4. The van der Waals surface area contributed by atoms with Gasteiger partial charge in [0.15, 0.2) is 0 Å². The molecular weight excluding hydrogens is 833 g/mol. The summed E-state index contributed by atoms with van der Waals surface area (Å²) in [6, 6.07) is 22.4. The van der Waals surface area contributed by atoms with Crippen molar-refractivity contribution in [3.63, 3.8) is 0 Å². The van der Waals surface area contributed by atoms with Crippen molar-refractivity contribution < 1.29 is 38.1 Å². The number of hydrogen-bond donors (Lipinski definition) is 2. The smallest absolute Gasteiger partial charge is 0.339 e. The predicted molar refractivity (Wildman–Crippen MR) is 257 cm³/mol. The van der Waals surface area contributed by atoms with E-state index < -0.39 is 23.9 Å². The maximum absolute atomic E-state index is 13.9. The number of hydrogen-bond acceptors (Lipinski definition) is 10. The van der Waals surface area contributed by atoms with Gasteiger partial charge >= 0.3 is 23.9 Å². The molecule has 0 saturated heterocycles. The van der Waals surface area contributed by atoms with Crippen LogP contribution >= 0.6 is 0 Å². The van der Waals surface area contributed by atoms with Crippen LogP contribution in [0.5, 0.6) is 0 Å². The normalized spacial score (nSPS) is 15.8. The number of ether oxygens (including phenoxy) is 4. The number of esters is 4. The number of nitrogens with one attached hydrogen (secondary N) is 2. The number of aromatic nitrogens is 4. The van der Waals surface area contributed by atoms with E-state index in [1.807, 2.05) is 13.8 Å². The molecule has 4 aliphatic heterocycles. The second kappa shape index (κ2) is 18.3. The van der Waals surface area contributed by atoms with Crippen LogP contribution in [0.2, 0.25) is 0 Å². The zero-order chi connectivity index (χ0) is 46.2. The third-order valence-corrected chi connectivity index (χ3v) is 13.2. The SMILES string of the molecule is CCc1c(C)c2cc3nc4cc5[nH]c(cc6nc(cc1[nH]2)C(C)=C6CCC(=O)OCCOC(=O)c1c2ccccc2c(c2ccccc12)C(=O)OCCOC(=O)CCC3=C4C)c(C)c5CC. The van der Waals surface area contributed by atoms with Gasteiger partial charge in [0.25, 0.3) is 0 Å². The number of aryl methyl sites for hydroxylation is 4. The Morgan fingerprint density at radius 1 is 0.470 bits per heavy atom. The lowest BCUT2D eigenvalue weighted by molar-refractivity contribution is -0.145. The van der Waals surface area contributed by atoms with Crippen molar-refractivity contribution in [2.45, 2.75) is 80.1 Å². The van der Waals surface area contributed by atoms with Crippen LogP contribution < -0.4 is 0 Å². The number of nitrogens with zero attached hydrogens (tertiary/aromatic N) is 2. The quantitative estimate of drug-likeness (QED) is 0.0972. The van der Waals surface area contributed by atoms with Crippen molar-refractivity contribution >= 4 is 89.8 Å². The van der Waals surface area contributed by atoms with E-state index in [1.165, 1.54) is 0 Å². The minimum Gasteiger partial charge on any atom is -0.462 e. The molecule has 66 heavy (non-hydrogen) atoms. The molecule has 0 spiro atoms. The van der Waals surface area contributed by atoms with E-state index in [0.29, 0.717) is 34.4 Å². The van der Waals surface area contributed by atoms with Gasteiger partial charge in [-0.05, 0) is 144 Å². The molecule has 0 amide bonds. The first kappa shape index (κ1) is 43.9. The third-order valence-electron chi connectivity index (χ3n) is 13.2. The highest BCUT2D eigenvalue weighted by molar-refractivity contribution is 6.24. The lowest BCUT2D eigenvalue weighted by Crippen LogP contribution is -2.16. The second-order valence-corrected chi connectivity index (χ2v) is 16.9. The van der Waals surface area contributed by atoms with Gasteiger partial charge < -0.3 is 28.9 Å². The molecule has 7 heterocycles. The first-order valence-corrected chi connectivity index (χ1v) is 22.7. The molecule has 0 unspecified atom stereocenters. The van der Waals surface area contributed by atoms with E-state index in [1.54, 1.807) is 48.5 Å². The Labute approximate surface area is 382 Å².